The van der Waals surface area contributed by atoms with Gasteiger partial charge in [0.1, 0.15) is 0 Å². The van der Waals surface area contributed by atoms with Gasteiger partial charge in [-0.1, -0.05) is 48.0 Å². The second-order valence-electron chi connectivity index (χ2n) is 4.73. The molecule has 0 saturated heterocycles. The molecule has 0 aliphatic rings. The third-order valence-electron chi connectivity index (χ3n) is 2.95. The van der Waals surface area contributed by atoms with Crippen LogP contribution >= 0.6 is 0 Å². The first kappa shape index (κ1) is 15.5. The van der Waals surface area contributed by atoms with Crippen molar-refractivity contribution in [3.8, 4) is 0 Å². The van der Waals surface area contributed by atoms with Crippen molar-refractivity contribution in [3.05, 3.63) is 77.2 Å². The molecular weight excluding hydrogens is 284 g/mol. The summed E-state index contributed by atoms with van der Waals surface area (Å²) in [4.78, 5) is 0.299. The SMILES string of the molecule is Cc1ccc(S(=O)(=O)/C=C\COCc2ccccc2)cc1. The van der Waals surface area contributed by atoms with Gasteiger partial charge in [-0.25, -0.2) is 8.42 Å². The van der Waals surface area contributed by atoms with E-state index in [9.17, 15) is 8.42 Å². The van der Waals surface area contributed by atoms with Gasteiger partial charge >= 0.3 is 0 Å². The minimum absolute atomic E-state index is 0.264. The summed E-state index contributed by atoms with van der Waals surface area (Å²) in [5.74, 6) is 0. The molecule has 0 unspecified atom stereocenters. The minimum atomic E-state index is -3.38. The molecule has 4 heteroatoms. The zero-order chi connectivity index (χ0) is 15.1. The highest BCUT2D eigenvalue weighted by atomic mass is 32.2. The molecule has 0 N–H and O–H groups in total. The number of hydrogen-bond donors (Lipinski definition) is 0. The van der Waals surface area contributed by atoms with Gasteiger partial charge in [0.15, 0.2) is 9.84 Å². The van der Waals surface area contributed by atoms with Crippen molar-refractivity contribution in [2.24, 2.45) is 0 Å². The van der Waals surface area contributed by atoms with Crippen LogP contribution in [0.5, 0.6) is 0 Å². The van der Waals surface area contributed by atoms with Gasteiger partial charge in [-0.3, -0.25) is 0 Å². The van der Waals surface area contributed by atoms with E-state index in [1.54, 1.807) is 24.3 Å². The van der Waals surface area contributed by atoms with E-state index in [-0.39, 0.29) is 6.61 Å². The summed E-state index contributed by atoms with van der Waals surface area (Å²) in [5, 5.41) is 1.20. The Bertz CT molecular complexity index is 687. The van der Waals surface area contributed by atoms with Gasteiger partial charge in [0.05, 0.1) is 18.1 Å². The van der Waals surface area contributed by atoms with Crippen LogP contribution in [0.3, 0.4) is 0 Å². The van der Waals surface area contributed by atoms with E-state index in [1.165, 1.54) is 11.5 Å². The van der Waals surface area contributed by atoms with E-state index in [2.05, 4.69) is 0 Å². The lowest BCUT2D eigenvalue weighted by Gasteiger charge is -2.02. The molecule has 0 heterocycles. The van der Waals surface area contributed by atoms with Crippen molar-refractivity contribution < 1.29 is 13.2 Å². The van der Waals surface area contributed by atoms with E-state index >= 15 is 0 Å². The van der Waals surface area contributed by atoms with Crippen molar-refractivity contribution >= 4 is 9.84 Å². The lowest BCUT2D eigenvalue weighted by molar-refractivity contribution is 0.149. The Kier molecular flexibility index (Phi) is 5.31. The number of hydrogen-bond acceptors (Lipinski definition) is 3. The highest BCUT2D eigenvalue weighted by Crippen LogP contribution is 2.13. The minimum Gasteiger partial charge on any atom is -0.373 e. The van der Waals surface area contributed by atoms with Gasteiger partial charge in [-0.15, -0.1) is 0 Å². The molecule has 0 aliphatic heterocycles. The normalized spacial score (nSPS) is 11.9. The van der Waals surface area contributed by atoms with Crippen LogP contribution < -0.4 is 0 Å². The Morgan fingerprint density at radius 1 is 1.00 bits per heavy atom. The van der Waals surface area contributed by atoms with Gasteiger partial charge in [0, 0.05) is 5.41 Å². The van der Waals surface area contributed by atoms with Gasteiger partial charge in [0.2, 0.25) is 0 Å². The summed E-state index contributed by atoms with van der Waals surface area (Å²) in [6, 6.07) is 16.5. The molecule has 110 valence electrons. The zero-order valence-electron chi connectivity index (χ0n) is 11.9. The Labute approximate surface area is 125 Å². The number of rotatable bonds is 6. The van der Waals surface area contributed by atoms with Crippen LogP contribution in [0.15, 0.2) is 71.0 Å². The molecule has 3 nitrogen and oxygen atoms in total. The molecule has 21 heavy (non-hydrogen) atoms. The maximum Gasteiger partial charge on any atom is 0.199 e. The van der Waals surface area contributed by atoms with Crippen LogP contribution in [-0.4, -0.2) is 15.0 Å². The van der Waals surface area contributed by atoms with Crippen LogP contribution in [0.25, 0.3) is 0 Å². The van der Waals surface area contributed by atoms with Crippen LogP contribution in [-0.2, 0) is 21.2 Å². The van der Waals surface area contributed by atoms with E-state index in [1.807, 2.05) is 37.3 Å². The van der Waals surface area contributed by atoms with Gasteiger partial charge in [-0.05, 0) is 30.7 Å². The quantitative estimate of drug-likeness (QED) is 0.767. The number of benzene rings is 2. The van der Waals surface area contributed by atoms with Crippen molar-refractivity contribution in [1.29, 1.82) is 0 Å². The van der Waals surface area contributed by atoms with Gasteiger partial charge in [0.25, 0.3) is 0 Å². The first-order valence-electron chi connectivity index (χ1n) is 6.68. The topological polar surface area (TPSA) is 43.4 Å². The molecular formula is C17H18O3S. The average molecular weight is 302 g/mol. The second kappa shape index (κ2) is 7.20. The average Bonchev–Trinajstić information content (AvgIpc) is 2.48. The molecule has 0 bridgehead atoms. The molecule has 0 saturated carbocycles. The molecule has 0 radical (unpaired) electrons. The van der Waals surface area contributed by atoms with E-state index < -0.39 is 9.84 Å². The highest BCUT2D eigenvalue weighted by Gasteiger charge is 2.08. The first-order chi connectivity index (χ1) is 10.1. The van der Waals surface area contributed by atoms with E-state index in [0.717, 1.165) is 11.1 Å². The molecule has 0 aliphatic carbocycles. The summed E-state index contributed by atoms with van der Waals surface area (Å²) >= 11 is 0. The number of ether oxygens (including phenoxy) is 1. The van der Waals surface area contributed by atoms with Gasteiger partial charge in [-0.2, -0.15) is 0 Å². The summed E-state index contributed by atoms with van der Waals surface area (Å²) in [5.41, 5.74) is 2.09. The largest absolute Gasteiger partial charge is 0.373 e. The fourth-order valence-corrected chi connectivity index (χ4v) is 2.80. The smallest absolute Gasteiger partial charge is 0.199 e. The maximum atomic E-state index is 12.0. The summed E-state index contributed by atoms with van der Waals surface area (Å²) < 4.78 is 29.5. The molecule has 2 aromatic rings. The zero-order valence-corrected chi connectivity index (χ0v) is 12.7. The van der Waals surface area contributed by atoms with E-state index in [0.29, 0.717) is 11.5 Å². The monoisotopic (exact) mass is 302 g/mol. The molecule has 0 spiro atoms. The van der Waals surface area contributed by atoms with Crippen molar-refractivity contribution in [1.82, 2.24) is 0 Å². The predicted molar refractivity (Wildman–Crippen MR) is 83.6 cm³/mol. The van der Waals surface area contributed by atoms with Crippen molar-refractivity contribution in [3.63, 3.8) is 0 Å². The Morgan fingerprint density at radius 2 is 1.67 bits per heavy atom. The lowest BCUT2D eigenvalue weighted by Crippen LogP contribution is -1.98. The molecule has 0 fully saturated rings. The molecule has 0 atom stereocenters. The predicted octanol–water partition coefficient (Wildman–Crippen LogP) is 3.50. The summed E-state index contributed by atoms with van der Waals surface area (Å²) in [6.45, 7) is 2.65. The van der Waals surface area contributed by atoms with Crippen LogP contribution in [0, 0.1) is 6.92 Å². The van der Waals surface area contributed by atoms with Crippen LogP contribution in [0.1, 0.15) is 11.1 Å². The van der Waals surface area contributed by atoms with E-state index in [4.69, 9.17) is 4.74 Å². The Hall–Kier alpha value is -1.91. The molecule has 0 aromatic heterocycles. The van der Waals surface area contributed by atoms with Crippen LogP contribution in [0.4, 0.5) is 0 Å². The molecule has 2 rings (SSSR count). The second-order valence-corrected chi connectivity index (χ2v) is 6.56. The Balaban J connectivity index is 1.87. The third kappa shape index (κ3) is 4.85. The molecule has 0 amide bonds. The fourth-order valence-electron chi connectivity index (χ4n) is 1.79. The maximum absolute atomic E-state index is 12.0. The summed E-state index contributed by atoms with van der Waals surface area (Å²) in [6.07, 6.45) is 1.53. The Morgan fingerprint density at radius 3 is 2.33 bits per heavy atom. The van der Waals surface area contributed by atoms with Gasteiger partial charge < -0.3 is 4.74 Å². The lowest BCUT2D eigenvalue weighted by atomic mass is 10.2. The van der Waals surface area contributed by atoms with Crippen molar-refractivity contribution in [2.45, 2.75) is 18.4 Å². The number of sulfone groups is 1. The number of aryl methyl sites for hydroxylation is 1. The first-order valence-corrected chi connectivity index (χ1v) is 8.22. The van der Waals surface area contributed by atoms with Crippen LogP contribution in [0.2, 0.25) is 0 Å². The highest BCUT2D eigenvalue weighted by molar-refractivity contribution is 7.94. The summed E-state index contributed by atoms with van der Waals surface area (Å²) in [7, 11) is -3.38. The molecule has 2 aromatic carbocycles. The third-order valence-corrected chi connectivity index (χ3v) is 4.43. The fraction of sp³-hybridized carbons (Fsp3) is 0.176. The standard InChI is InChI=1S/C17H18O3S/c1-15-8-10-17(11-9-15)21(18,19)13-5-12-20-14-16-6-3-2-4-7-16/h2-11,13H,12,14H2,1H3/b13-5-. The van der Waals surface area contributed by atoms with Crippen molar-refractivity contribution in [2.75, 3.05) is 6.61 Å².